The molecular weight excluding hydrogens is 280 g/mol. The van der Waals surface area contributed by atoms with Crippen molar-refractivity contribution in [2.24, 2.45) is 11.8 Å². The molecule has 1 N–H and O–H groups in total. The first-order chi connectivity index (χ1) is 8.65. The summed E-state index contributed by atoms with van der Waals surface area (Å²) in [6.45, 7) is 7.58. The predicted octanol–water partition coefficient (Wildman–Crippen LogP) is 2.40. The van der Waals surface area contributed by atoms with E-state index in [0.717, 1.165) is 37.2 Å². The Bertz CT molecular complexity index is 283. The molecule has 0 saturated carbocycles. The first-order valence-corrected chi connectivity index (χ1v) is 8.39. The fourth-order valence-electron chi connectivity index (χ4n) is 3.01. The second-order valence-corrected chi connectivity index (χ2v) is 7.20. The van der Waals surface area contributed by atoms with E-state index in [2.05, 4.69) is 24.1 Å². The maximum Gasteiger partial charge on any atom is 0.224 e. The van der Waals surface area contributed by atoms with Gasteiger partial charge in [-0.15, -0.1) is 12.4 Å². The van der Waals surface area contributed by atoms with Crippen molar-refractivity contribution in [2.75, 3.05) is 31.1 Å². The highest BCUT2D eigenvalue weighted by atomic mass is 35.5. The van der Waals surface area contributed by atoms with Crippen LogP contribution in [-0.4, -0.2) is 48.0 Å². The average Bonchev–Trinajstić information content (AvgIpc) is 2.78. The molecule has 19 heavy (non-hydrogen) atoms. The van der Waals surface area contributed by atoms with Crippen LogP contribution < -0.4 is 5.32 Å². The quantitative estimate of drug-likeness (QED) is 0.865. The van der Waals surface area contributed by atoms with Gasteiger partial charge in [-0.3, -0.25) is 4.79 Å². The van der Waals surface area contributed by atoms with Crippen LogP contribution in [-0.2, 0) is 4.79 Å². The van der Waals surface area contributed by atoms with Crippen LogP contribution >= 0.6 is 24.2 Å². The van der Waals surface area contributed by atoms with E-state index in [1.807, 2.05) is 11.8 Å². The lowest BCUT2D eigenvalue weighted by Crippen LogP contribution is -2.42. The Kier molecular flexibility index (Phi) is 7.55. The molecule has 0 spiro atoms. The van der Waals surface area contributed by atoms with Crippen LogP contribution in [0, 0.1) is 11.8 Å². The lowest BCUT2D eigenvalue weighted by Gasteiger charge is -2.25. The molecule has 0 aromatic carbocycles. The van der Waals surface area contributed by atoms with Crippen LogP contribution in [0.25, 0.3) is 0 Å². The standard InChI is InChI=1S/C14H26N2OS.ClH/c1-11(2)7-12-3-5-16(9-12)14(17)8-13-10-18-6-4-15-13;/h11-13,15H,3-10H2,1-2H3;1H. The summed E-state index contributed by atoms with van der Waals surface area (Å²) in [4.78, 5) is 14.3. The Morgan fingerprint density at radius 1 is 1.47 bits per heavy atom. The number of hydrogen-bond acceptors (Lipinski definition) is 3. The van der Waals surface area contributed by atoms with Crippen LogP contribution in [0.4, 0.5) is 0 Å². The van der Waals surface area contributed by atoms with Crippen molar-refractivity contribution in [1.82, 2.24) is 10.2 Å². The van der Waals surface area contributed by atoms with Gasteiger partial charge in [-0.1, -0.05) is 13.8 Å². The van der Waals surface area contributed by atoms with Gasteiger partial charge in [-0.2, -0.15) is 11.8 Å². The number of likely N-dealkylation sites (tertiary alicyclic amines) is 1. The molecule has 0 aromatic rings. The van der Waals surface area contributed by atoms with Gasteiger partial charge in [0.15, 0.2) is 0 Å². The minimum Gasteiger partial charge on any atom is -0.342 e. The van der Waals surface area contributed by atoms with E-state index < -0.39 is 0 Å². The molecule has 0 aromatic heterocycles. The van der Waals surface area contributed by atoms with Crippen LogP contribution in [0.15, 0.2) is 0 Å². The maximum atomic E-state index is 12.2. The van der Waals surface area contributed by atoms with E-state index in [0.29, 0.717) is 18.4 Å². The summed E-state index contributed by atoms with van der Waals surface area (Å²) in [6, 6.07) is 0.403. The molecular formula is C14H27ClN2OS. The number of nitrogens with one attached hydrogen (secondary N) is 1. The SMILES string of the molecule is CC(C)CC1CCN(C(=O)CC2CSCCN2)C1.Cl. The van der Waals surface area contributed by atoms with E-state index in [-0.39, 0.29) is 12.4 Å². The minimum atomic E-state index is 0. The topological polar surface area (TPSA) is 32.3 Å². The average molecular weight is 307 g/mol. The van der Waals surface area contributed by atoms with Gasteiger partial charge >= 0.3 is 0 Å². The number of amides is 1. The zero-order valence-electron chi connectivity index (χ0n) is 12.1. The molecule has 2 aliphatic heterocycles. The molecule has 0 bridgehead atoms. The highest BCUT2D eigenvalue weighted by Gasteiger charge is 2.28. The van der Waals surface area contributed by atoms with E-state index in [1.165, 1.54) is 18.6 Å². The Morgan fingerprint density at radius 3 is 2.89 bits per heavy atom. The fourth-order valence-corrected chi connectivity index (χ4v) is 3.96. The Morgan fingerprint density at radius 2 is 2.26 bits per heavy atom. The van der Waals surface area contributed by atoms with E-state index >= 15 is 0 Å². The second-order valence-electron chi connectivity index (χ2n) is 6.05. The van der Waals surface area contributed by atoms with Crippen LogP contribution in [0.3, 0.4) is 0 Å². The third kappa shape index (κ3) is 5.52. The molecule has 2 unspecified atom stereocenters. The zero-order chi connectivity index (χ0) is 13.0. The normalized spacial score (nSPS) is 27.4. The number of rotatable bonds is 4. The zero-order valence-corrected chi connectivity index (χ0v) is 13.7. The summed E-state index contributed by atoms with van der Waals surface area (Å²) in [5.74, 6) is 4.13. The van der Waals surface area contributed by atoms with Crippen molar-refractivity contribution in [3.63, 3.8) is 0 Å². The molecule has 2 aliphatic rings. The molecule has 2 saturated heterocycles. The third-order valence-electron chi connectivity index (χ3n) is 3.86. The van der Waals surface area contributed by atoms with Crippen molar-refractivity contribution in [1.29, 1.82) is 0 Å². The molecule has 1 amide bonds. The molecule has 0 radical (unpaired) electrons. The molecule has 2 rings (SSSR count). The van der Waals surface area contributed by atoms with Gasteiger partial charge in [0.2, 0.25) is 5.91 Å². The van der Waals surface area contributed by atoms with Crippen molar-refractivity contribution >= 4 is 30.1 Å². The van der Waals surface area contributed by atoms with Crippen molar-refractivity contribution in [3.05, 3.63) is 0 Å². The highest BCUT2D eigenvalue weighted by molar-refractivity contribution is 7.99. The summed E-state index contributed by atoms with van der Waals surface area (Å²) in [5.41, 5.74) is 0. The third-order valence-corrected chi connectivity index (χ3v) is 4.99. The molecule has 2 atom stereocenters. The fraction of sp³-hybridized carbons (Fsp3) is 0.929. The number of thioether (sulfide) groups is 1. The summed E-state index contributed by atoms with van der Waals surface area (Å²) < 4.78 is 0. The van der Waals surface area contributed by atoms with Gasteiger partial charge in [0.05, 0.1) is 0 Å². The van der Waals surface area contributed by atoms with Crippen molar-refractivity contribution in [2.45, 2.75) is 39.2 Å². The maximum absolute atomic E-state index is 12.2. The minimum absolute atomic E-state index is 0. The number of carbonyl (C=O) groups excluding carboxylic acids is 1. The van der Waals surface area contributed by atoms with Gasteiger partial charge < -0.3 is 10.2 Å². The van der Waals surface area contributed by atoms with Crippen LogP contribution in [0.1, 0.15) is 33.1 Å². The van der Waals surface area contributed by atoms with Gasteiger partial charge in [0, 0.05) is 43.6 Å². The monoisotopic (exact) mass is 306 g/mol. The van der Waals surface area contributed by atoms with Gasteiger partial charge in [-0.25, -0.2) is 0 Å². The predicted molar refractivity (Wildman–Crippen MR) is 85.1 cm³/mol. The molecule has 112 valence electrons. The largest absolute Gasteiger partial charge is 0.342 e. The van der Waals surface area contributed by atoms with Crippen molar-refractivity contribution < 1.29 is 4.79 Å². The highest BCUT2D eigenvalue weighted by Crippen LogP contribution is 2.24. The van der Waals surface area contributed by atoms with Crippen LogP contribution in [0.5, 0.6) is 0 Å². The lowest BCUT2D eigenvalue weighted by molar-refractivity contribution is -0.130. The Balaban J connectivity index is 0.00000180. The van der Waals surface area contributed by atoms with Gasteiger partial charge in [-0.05, 0) is 24.7 Å². The second kappa shape index (κ2) is 8.38. The first-order valence-electron chi connectivity index (χ1n) is 7.24. The van der Waals surface area contributed by atoms with E-state index in [4.69, 9.17) is 0 Å². The molecule has 0 aliphatic carbocycles. The summed E-state index contributed by atoms with van der Waals surface area (Å²) >= 11 is 1.96. The Labute approximate surface area is 127 Å². The molecule has 2 heterocycles. The van der Waals surface area contributed by atoms with Gasteiger partial charge in [0.25, 0.3) is 0 Å². The summed E-state index contributed by atoms with van der Waals surface area (Å²) in [7, 11) is 0. The molecule has 2 fully saturated rings. The molecule has 5 heteroatoms. The number of hydrogen-bond donors (Lipinski definition) is 1. The van der Waals surface area contributed by atoms with Gasteiger partial charge in [0.1, 0.15) is 0 Å². The summed E-state index contributed by atoms with van der Waals surface area (Å²) in [5, 5.41) is 3.45. The molecule has 3 nitrogen and oxygen atoms in total. The lowest BCUT2D eigenvalue weighted by atomic mass is 9.97. The number of halogens is 1. The first kappa shape index (κ1) is 17.1. The number of carbonyl (C=O) groups is 1. The van der Waals surface area contributed by atoms with Crippen molar-refractivity contribution in [3.8, 4) is 0 Å². The summed E-state index contributed by atoms with van der Waals surface area (Å²) in [6.07, 6.45) is 3.17. The van der Waals surface area contributed by atoms with E-state index in [9.17, 15) is 4.79 Å². The number of nitrogens with zero attached hydrogens (tertiary/aromatic N) is 1. The van der Waals surface area contributed by atoms with Crippen LogP contribution in [0.2, 0.25) is 0 Å². The van der Waals surface area contributed by atoms with E-state index in [1.54, 1.807) is 0 Å². The Hall–Kier alpha value is 0.0700. The smallest absolute Gasteiger partial charge is 0.224 e.